The van der Waals surface area contributed by atoms with Crippen molar-refractivity contribution in [3.63, 3.8) is 0 Å². The number of rotatable bonds is 4. The minimum absolute atomic E-state index is 0.146. The summed E-state index contributed by atoms with van der Waals surface area (Å²) < 4.78 is 40.0. The van der Waals surface area contributed by atoms with Crippen LogP contribution in [-0.4, -0.2) is 27.4 Å². The molecular weight excluding hydrogens is 379 g/mol. The van der Waals surface area contributed by atoms with E-state index in [-0.39, 0.29) is 10.0 Å². The maximum Gasteiger partial charge on any atom is 0.417 e. The lowest BCUT2D eigenvalue weighted by Crippen LogP contribution is -2.32. The van der Waals surface area contributed by atoms with E-state index in [4.69, 9.17) is 0 Å². The Hall–Kier alpha value is -1.87. The lowest BCUT2D eigenvalue weighted by Gasteiger charge is -2.17. The number of alkyl halides is 3. The summed E-state index contributed by atoms with van der Waals surface area (Å²) in [6, 6.07) is 4.02. The van der Waals surface area contributed by atoms with Crippen LogP contribution in [0.25, 0.3) is 0 Å². The van der Waals surface area contributed by atoms with Gasteiger partial charge >= 0.3 is 6.18 Å². The number of carbonyl (C=O) groups excluding carboxylic acids is 1. The number of carbonyl (C=O) groups is 1. The third-order valence-electron chi connectivity index (χ3n) is 3.24. The second-order valence-electron chi connectivity index (χ2n) is 4.78. The number of aliphatic hydroxyl groups is 1. The number of amides is 1. The van der Waals surface area contributed by atoms with Crippen LogP contribution in [0, 0.1) is 0 Å². The Labute approximate surface area is 138 Å². The number of nitrogens with one attached hydrogen (secondary N) is 1. The van der Waals surface area contributed by atoms with Crippen LogP contribution in [0.15, 0.2) is 34.9 Å². The highest BCUT2D eigenvalue weighted by Crippen LogP contribution is 2.35. The Morgan fingerprint density at radius 3 is 2.65 bits per heavy atom. The number of aromatic nitrogens is 2. The molecule has 5 nitrogen and oxygen atoms in total. The Bertz CT molecular complexity index is 716. The molecule has 2 rings (SSSR count). The van der Waals surface area contributed by atoms with Gasteiger partial charge in [-0.15, -0.1) is 0 Å². The van der Waals surface area contributed by atoms with Gasteiger partial charge in [0.1, 0.15) is 0 Å². The smallest absolute Gasteiger partial charge is 0.394 e. The topological polar surface area (TPSA) is 67.2 Å². The minimum atomic E-state index is -4.58. The van der Waals surface area contributed by atoms with E-state index in [1.807, 2.05) is 0 Å². The molecule has 1 aromatic carbocycles. The molecule has 0 bridgehead atoms. The van der Waals surface area contributed by atoms with Gasteiger partial charge in [-0.25, -0.2) is 0 Å². The Balaban J connectivity index is 2.25. The van der Waals surface area contributed by atoms with E-state index in [1.54, 1.807) is 13.1 Å². The van der Waals surface area contributed by atoms with E-state index in [9.17, 15) is 23.1 Å². The summed E-state index contributed by atoms with van der Waals surface area (Å²) in [7, 11) is 1.63. The van der Waals surface area contributed by atoms with Crippen molar-refractivity contribution in [3.05, 3.63) is 51.8 Å². The van der Waals surface area contributed by atoms with Crippen LogP contribution in [0.2, 0.25) is 0 Å². The first kappa shape index (κ1) is 17.5. The molecule has 1 unspecified atom stereocenters. The summed E-state index contributed by atoms with van der Waals surface area (Å²) >= 11 is 2.82. The number of benzene rings is 1. The van der Waals surface area contributed by atoms with Crippen LogP contribution in [0.5, 0.6) is 0 Å². The fourth-order valence-electron chi connectivity index (χ4n) is 2.06. The van der Waals surface area contributed by atoms with Crippen molar-refractivity contribution in [1.29, 1.82) is 0 Å². The molecule has 23 heavy (non-hydrogen) atoms. The molecule has 124 valence electrons. The summed E-state index contributed by atoms with van der Waals surface area (Å²) in [5, 5.41) is 15.8. The second-order valence-corrected chi connectivity index (χ2v) is 5.64. The largest absolute Gasteiger partial charge is 0.417 e. The van der Waals surface area contributed by atoms with Gasteiger partial charge in [0, 0.05) is 23.3 Å². The molecule has 1 amide bonds. The molecule has 0 saturated heterocycles. The zero-order chi connectivity index (χ0) is 17.2. The summed E-state index contributed by atoms with van der Waals surface area (Å²) in [6.45, 7) is -0.409. The second kappa shape index (κ2) is 6.71. The molecule has 0 aliphatic rings. The summed E-state index contributed by atoms with van der Waals surface area (Å²) in [6.07, 6.45) is -3.08. The molecule has 2 N–H and O–H groups in total. The summed E-state index contributed by atoms with van der Waals surface area (Å²) in [5.74, 6) is -0.719. The number of hydrogen-bond donors (Lipinski definition) is 2. The number of hydrogen-bond acceptors (Lipinski definition) is 3. The van der Waals surface area contributed by atoms with Gasteiger partial charge in [0.15, 0.2) is 0 Å². The fourth-order valence-corrected chi connectivity index (χ4v) is 2.54. The van der Waals surface area contributed by atoms with Crippen molar-refractivity contribution in [3.8, 4) is 0 Å². The molecule has 0 aliphatic carbocycles. The minimum Gasteiger partial charge on any atom is -0.394 e. The first-order chi connectivity index (χ1) is 10.7. The number of nitrogens with zero attached hydrogens (tertiary/aromatic N) is 2. The van der Waals surface area contributed by atoms with Crippen LogP contribution in [0.1, 0.15) is 27.7 Å². The molecule has 0 radical (unpaired) electrons. The van der Waals surface area contributed by atoms with Crippen LogP contribution >= 0.6 is 15.9 Å². The molecule has 0 aliphatic heterocycles. The molecule has 1 atom stereocenters. The molecule has 0 fully saturated rings. The monoisotopic (exact) mass is 391 g/mol. The van der Waals surface area contributed by atoms with Crippen molar-refractivity contribution in [2.45, 2.75) is 12.2 Å². The predicted molar refractivity (Wildman–Crippen MR) is 79.6 cm³/mol. The fraction of sp³-hybridized carbons (Fsp3) is 0.286. The zero-order valence-corrected chi connectivity index (χ0v) is 13.5. The average Bonchev–Trinajstić information content (AvgIpc) is 2.89. The third kappa shape index (κ3) is 3.91. The van der Waals surface area contributed by atoms with Gasteiger partial charge in [0.25, 0.3) is 5.91 Å². The van der Waals surface area contributed by atoms with Gasteiger partial charge in [0.05, 0.1) is 23.9 Å². The molecule has 0 saturated carbocycles. The molecule has 1 aromatic heterocycles. The van der Waals surface area contributed by atoms with Crippen LogP contribution in [0.4, 0.5) is 13.2 Å². The Morgan fingerprint density at radius 1 is 1.43 bits per heavy atom. The lowest BCUT2D eigenvalue weighted by atomic mass is 10.1. The Kier molecular flexibility index (Phi) is 5.10. The van der Waals surface area contributed by atoms with Crippen molar-refractivity contribution < 1.29 is 23.1 Å². The highest BCUT2D eigenvalue weighted by Gasteiger charge is 2.33. The van der Waals surface area contributed by atoms with Gasteiger partial charge < -0.3 is 10.4 Å². The van der Waals surface area contributed by atoms with Crippen LogP contribution in [0.3, 0.4) is 0 Å². The molecule has 2 aromatic rings. The molecule has 9 heteroatoms. The summed E-state index contributed by atoms with van der Waals surface area (Å²) in [4.78, 5) is 12.2. The average molecular weight is 392 g/mol. The standard InChI is InChI=1S/C14H13BrF3N3O2/c1-21-12(4-5-19-21)11(7-22)20-13(23)8-2-3-10(15)9(6-8)14(16,17)18/h2-6,11,22H,7H2,1H3,(H,20,23). The van der Waals surface area contributed by atoms with E-state index in [0.717, 1.165) is 12.1 Å². The molecular formula is C14H13BrF3N3O2. The van der Waals surface area contributed by atoms with E-state index in [2.05, 4.69) is 26.3 Å². The molecule has 1 heterocycles. The van der Waals surface area contributed by atoms with Crippen molar-refractivity contribution in [2.75, 3.05) is 6.61 Å². The summed E-state index contributed by atoms with van der Waals surface area (Å²) in [5.41, 5.74) is -0.554. The van der Waals surface area contributed by atoms with Crippen molar-refractivity contribution in [1.82, 2.24) is 15.1 Å². The highest BCUT2D eigenvalue weighted by atomic mass is 79.9. The highest BCUT2D eigenvalue weighted by molar-refractivity contribution is 9.10. The maximum absolute atomic E-state index is 12.9. The Morgan fingerprint density at radius 2 is 2.13 bits per heavy atom. The van der Waals surface area contributed by atoms with E-state index in [1.165, 1.54) is 16.9 Å². The van der Waals surface area contributed by atoms with Gasteiger partial charge in [-0.3, -0.25) is 9.48 Å². The molecule has 0 spiro atoms. The SMILES string of the molecule is Cn1nccc1C(CO)NC(=O)c1ccc(Br)c(C(F)(F)F)c1. The maximum atomic E-state index is 12.9. The zero-order valence-electron chi connectivity index (χ0n) is 11.9. The van der Waals surface area contributed by atoms with E-state index in [0.29, 0.717) is 5.69 Å². The van der Waals surface area contributed by atoms with E-state index < -0.39 is 30.3 Å². The van der Waals surface area contributed by atoms with Gasteiger partial charge in [-0.1, -0.05) is 15.9 Å². The van der Waals surface area contributed by atoms with Gasteiger partial charge in [0.2, 0.25) is 0 Å². The predicted octanol–water partition coefficient (Wildman–Crippen LogP) is 2.66. The lowest BCUT2D eigenvalue weighted by molar-refractivity contribution is -0.138. The quantitative estimate of drug-likeness (QED) is 0.841. The van der Waals surface area contributed by atoms with Crippen molar-refractivity contribution >= 4 is 21.8 Å². The first-order valence-electron chi connectivity index (χ1n) is 6.50. The van der Waals surface area contributed by atoms with Gasteiger partial charge in [-0.2, -0.15) is 18.3 Å². The van der Waals surface area contributed by atoms with Gasteiger partial charge in [-0.05, 0) is 24.3 Å². The normalized spacial score (nSPS) is 13.0. The third-order valence-corrected chi connectivity index (χ3v) is 3.93. The number of aliphatic hydroxyl groups excluding tert-OH is 1. The number of aryl methyl sites for hydroxylation is 1. The van der Waals surface area contributed by atoms with Crippen LogP contribution in [-0.2, 0) is 13.2 Å². The first-order valence-corrected chi connectivity index (χ1v) is 7.29. The van der Waals surface area contributed by atoms with Crippen molar-refractivity contribution in [2.24, 2.45) is 7.05 Å². The van der Waals surface area contributed by atoms with Crippen LogP contribution < -0.4 is 5.32 Å². The number of halogens is 4. The van der Waals surface area contributed by atoms with E-state index >= 15 is 0 Å².